The maximum atomic E-state index is 12.8. The van der Waals surface area contributed by atoms with Gasteiger partial charge in [-0.2, -0.15) is 0 Å². The fourth-order valence-electron chi connectivity index (χ4n) is 4.12. The van der Waals surface area contributed by atoms with Crippen LogP contribution >= 0.6 is 11.6 Å². The zero-order chi connectivity index (χ0) is 12.0. The van der Waals surface area contributed by atoms with Crippen molar-refractivity contribution in [3.8, 4) is 0 Å². The maximum Gasteiger partial charge on any atom is 0.229 e. The van der Waals surface area contributed by atoms with Gasteiger partial charge in [0.05, 0.1) is 0 Å². The smallest absolute Gasteiger partial charge is 0.229 e. The van der Waals surface area contributed by atoms with Crippen molar-refractivity contribution in [2.45, 2.75) is 75.8 Å². The second-order valence-electron chi connectivity index (χ2n) is 6.43. The maximum absolute atomic E-state index is 12.8. The molecule has 0 N–H and O–H groups in total. The Hall–Kier alpha value is -0.240. The van der Waals surface area contributed by atoms with E-state index in [4.69, 9.17) is 11.6 Å². The third-order valence-corrected chi connectivity index (χ3v) is 5.49. The molecule has 2 nitrogen and oxygen atoms in total. The van der Waals surface area contributed by atoms with E-state index in [2.05, 4.69) is 11.8 Å². The molecule has 0 aromatic carbocycles. The van der Waals surface area contributed by atoms with Crippen molar-refractivity contribution in [2.75, 3.05) is 0 Å². The van der Waals surface area contributed by atoms with Gasteiger partial charge in [0.25, 0.3) is 0 Å². The Morgan fingerprint density at radius 3 is 2.24 bits per heavy atom. The number of fused-ring (bicyclic) bond motifs is 2. The second kappa shape index (κ2) is 4.15. The molecule has 1 amide bonds. The lowest BCUT2D eigenvalue weighted by molar-refractivity contribution is -0.145. The van der Waals surface area contributed by atoms with Crippen LogP contribution in [0.25, 0.3) is 0 Å². The molecule has 0 radical (unpaired) electrons. The van der Waals surface area contributed by atoms with E-state index in [9.17, 15) is 4.79 Å². The first kappa shape index (κ1) is 11.8. The lowest BCUT2D eigenvalue weighted by Crippen LogP contribution is -2.51. The third-order valence-electron chi connectivity index (χ3n) is 5.13. The van der Waals surface area contributed by atoms with Gasteiger partial charge in [0.1, 0.15) is 0 Å². The Morgan fingerprint density at radius 2 is 1.71 bits per heavy atom. The number of carbonyl (C=O) groups is 1. The van der Waals surface area contributed by atoms with Crippen molar-refractivity contribution in [3.05, 3.63) is 0 Å². The number of piperidine rings is 1. The highest BCUT2D eigenvalue weighted by molar-refractivity contribution is 6.20. The molecule has 3 fully saturated rings. The summed E-state index contributed by atoms with van der Waals surface area (Å²) < 4.78 is 0. The van der Waals surface area contributed by atoms with E-state index < -0.39 is 0 Å². The van der Waals surface area contributed by atoms with Crippen molar-refractivity contribution in [2.24, 2.45) is 5.41 Å². The van der Waals surface area contributed by atoms with Crippen LogP contribution in [-0.2, 0) is 4.79 Å². The van der Waals surface area contributed by atoms with Gasteiger partial charge in [-0.15, -0.1) is 11.6 Å². The van der Waals surface area contributed by atoms with E-state index in [0.29, 0.717) is 23.4 Å². The van der Waals surface area contributed by atoms with Gasteiger partial charge in [-0.05, 0) is 38.5 Å². The minimum absolute atomic E-state index is 0.0556. The summed E-state index contributed by atoms with van der Waals surface area (Å²) in [6.07, 6.45) is 9.01. The minimum atomic E-state index is -0.0556. The largest absolute Gasteiger partial charge is 0.336 e. The average molecular weight is 256 g/mol. The van der Waals surface area contributed by atoms with E-state index in [1.165, 1.54) is 25.7 Å². The molecule has 0 aromatic rings. The summed E-state index contributed by atoms with van der Waals surface area (Å²) in [6, 6.07) is 0.891. The third kappa shape index (κ3) is 1.89. The van der Waals surface area contributed by atoms with Crippen molar-refractivity contribution >= 4 is 17.5 Å². The monoisotopic (exact) mass is 255 g/mol. The van der Waals surface area contributed by atoms with Crippen molar-refractivity contribution in [1.82, 2.24) is 4.90 Å². The Kier molecular flexibility index (Phi) is 2.89. The lowest BCUT2D eigenvalue weighted by atomic mass is 9.85. The molecule has 17 heavy (non-hydrogen) atoms. The van der Waals surface area contributed by atoms with Crippen molar-refractivity contribution < 1.29 is 4.79 Å². The Labute approximate surface area is 109 Å². The quantitative estimate of drug-likeness (QED) is 0.658. The summed E-state index contributed by atoms with van der Waals surface area (Å²) >= 11 is 6.27. The van der Waals surface area contributed by atoms with Crippen LogP contribution in [0.2, 0.25) is 0 Å². The molecule has 0 spiro atoms. The molecule has 2 atom stereocenters. The summed E-state index contributed by atoms with van der Waals surface area (Å²) in [5, 5.41) is 0.299. The molecule has 1 aliphatic carbocycles. The fraction of sp³-hybridized carbons (Fsp3) is 0.929. The predicted octanol–water partition coefficient (Wildman–Crippen LogP) is 3.33. The highest BCUT2D eigenvalue weighted by Crippen LogP contribution is 2.45. The molecule has 96 valence electrons. The molecular weight excluding hydrogens is 234 g/mol. The number of hydrogen-bond donors (Lipinski definition) is 0. The Bertz CT molecular complexity index is 310. The first-order valence-corrected chi connectivity index (χ1v) is 7.51. The molecule has 0 aromatic heterocycles. The van der Waals surface area contributed by atoms with E-state index in [1.54, 1.807) is 0 Å². The van der Waals surface area contributed by atoms with Crippen LogP contribution in [0.1, 0.15) is 58.3 Å². The van der Waals surface area contributed by atoms with Crippen LogP contribution < -0.4 is 0 Å². The van der Waals surface area contributed by atoms with Crippen LogP contribution in [0.4, 0.5) is 0 Å². The van der Waals surface area contributed by atoms with E-state index in [-0.39, 0.29) is 5.41 Å². The fourth-order valence-corrected chi connectivity index (χ4v) is 4.53. The summed E-state index contributed by atoms with van der Waals surface area (Å²) in [7, 11) is 0. The molecule has 2 unspecified atom stereocenters. The van der Waals surface area contributed by atoms with Gasteiger partial charge in [-0.1, -0.05) is 19.8 Å². The molecule has 2 heterocycles. The van der Waals surface area contributed by atoms with E-state index in [0.717, 1.165) is 25.7 Å². The highest BCUT2D eigenvalue weighted by Gasteiger charge is 2.48. The van der Waals surface area contributed by atoms with Gasteiger partial charge in [-0.25, -0.2) is 0 Å². The van der Waals surface area contributed by atoms with Crippen LogP contribution in [0, 0.1) is 5.41 Å². The molecular formula is C14H22ClNO. The number of carbonyl (C=O) groups excluding carboxylic acids is 1. The number of halogens is 1. The average Bonchev–Trinajstić information content (AvgIpc) is 2.82. The first-order chi connectivity index (χ1) is 8.10. The van der Waals surface area contributed by atoms with Crippen LogP contribution in [-0.4, -0.2) is 28.3 Å². The normalized spacial score (nSPS) is 39.6. The predicted molar refractivity (Wildman–Crippen MR) is 69.1 cm³/mol. The molecule has 3 aliphatic rings. The van der Waals surface area contributed by atoms with Gasteiger partial charge < -0.3 is 4.90 Å². The summed E-state index contributed by atoms with van der Waals surface area (Å²) in [4.78, 5) is 15.0. The van der Waals surface area contributed by atoms with Gasteiger partial charge in [0, 0.05) is 22.9 Å². The topological polar surface area (TPSA) is 20.3 Å². The van der Waals surface area contributed by atoms with Crippen LogP contribution in [0.3, 0.4) is 0 Å². The van der Waals surface area contributed by atoms with Gasteiger partial charge in [-0.3, -0.25) is 4.79 Å². The second-order valence-corrected chi connectivity index (χ2v) is 7.05. The zero-order valence-electron chi connectivity index (χ0n) is 10.6. The Morgan fingerprint density at radius 1 is 1.18 bits per heavy atom. The number of hydrogen-bond acceptors (Lipinski definition) is 1. The van der Waals surface area contributed by atoms with Crippen molar-refractivity contribution in [1.29, 1.82) is 0 Å². The summed E-state index contributed by atoms with van der Waals surface area (Å²) in [5.74, 6) is 0.436. The number of amides is 1. The minimum Gasteiger partial charge on any atom is -0.336 e. The number of rotatable bonds is 1. The van der Waals surface area contributed by atoms with Gasteiger partial charge >= 0.3 is 0 Å². The molecule has 2 aliphatic heterocycles. The van der Waals surface area contributed by atoms with Crippen molar-refractivity contribution in [3.63, 3.8) is 0 Å². The first-order valence-electron chi connectivity index (χ1n) is 7.07. The van der Waals surface area contributed by atoms with Gasteiger partial charge in [0.2, 0.25) is 5.91 Å². The standard InChI is InChI=1S/C14H22ClNO/c1-14(6-2-3-7-14)13(17)16-11-4-5-12(16)9-10(15)8-11/h10-12H,2-9H2,1H3. The molecule has 1 saturated carbocycles. The summed E-state index contributed by atoms with van der Waals surface area (Å²) in [5.41, 5.74) is -0.0556. The summed E-state index contributed by atoms with van der Waals surface area (Å²) in [6.45, 7) is 2.18. The van der Waals surface area contributed by atoms with Crippen LogP contribution in [0.5, 0.6) is 0 Å². The number of nitrogens with zero attached hydrogens (tertiary/aromatic N) is 1. The SMILES string of the molecule is CC1(C(=O)N2C3CCC2CC(Cl)C3)CCCC1. The Balaban J connectivity index is 1.78. The number of alkyl halides is 1. The highest BCUT2D eigenvalue weighted by atomic mass is 35.5. The lowest BCUT2D eigenvalue weighted by Gasteiger charge is -2.41. The van der Waals surface area contributed by atoms with E-state index >= 15 is 0 Å². The molecule has 3 rings (SSSR count). The molecule has 3 heteroatoms. The molecule has 2 saturated heterocycles. The molecule has 2 bridgehead atoms. The van der Waals surface area contributed by atoms with Crippen LogP contribution in [0.15, 0.2) is 0 Å². The zero-order valence-corrected chi connectivity index (χ0v) is 11.4. The van der Waals surface area contributed by atoms with Gasteiger partial charge in [0.15, 0.2) is 0 Å². The van der Waals surface area contributed by atoms with E-state index in [1.807, 2.05) is 0 Å².